The molecule has 2 aromatic rings. The number of rotatable bonds is 4. The number of aromatic nitrogens is 1. The topological polar surface area (TPSA) is 38.1 Å². The number of aryl methyl sites for hydroxylation is 2. The van der Waals surface area contributed by atoms with E-state index in [1.807, 2.05) is 13.8 Å². The third-order valence-electron chi connectivity index (χ3n) is 3.14. The van der Waals surface area contributed by atoms with Crippen molar-refractivity contribution < 1.29 is 4.52 Å². The third kappa shape index (κ3) is 3.00. The van der Waals surface area contributed by atoms with Crippen molar-refractivity contribution in [2.24, 2.45) is 0 Å². The number of halogens is 1. The lowest BCUT2D eigenvalue weighted by Gasteiger charge is -2.14. The molecule has 0 aliphatic heterocycles. The van der Waals surface area contributed by atoms with Gasteiger partial charge in [0.25, 0.3) is 0 Å². The Balaban J connectivity index is 2.00. The molecule has 1 aromatic heterocycles. The van der Waals surface area contributed by atoms with Crippen molar-refractivity contribution in [3.63, 3.8) is 0 Å². The number of hydrogen-bond donors (Lipinski definition) is 1. The summed E-state index contributed by atoms with van der Waals surface area (Å²) in [5.41, 5.74) is 3.38. The molecule has 96 valence electrons. The summed E-state index contributed by atoms with van der Waals surface area (Å²) in [7, 11) is 0. The maximum absolute atomic E-state index is 5.15. The number of benzene rings is 1. The van der Waals surface area contributed by atoms with Crippen LogP contribution in [-0.2, 0) is 6.54 Å². The van der Waals surface area contributed by atoms with E-state index in [2.05, 4.69) is 57.6 Å². The largest absolute Gasteiger partial charge is 0.361 e. The summed E-state index contributed by atoms with van der Waals surface area (Å²) in [5.74, 6) is 0.892. The molecule has 0 unspecified atom stereocenters. The van der Waals surface area contributed by atoms with Crippen molar-refractivity contribution in [2.75, 3.05) is 0 Å². The summed E-state index contributed by atoms with van der Waals surface area (Å²) in [5, 5.41) is 7.44. The van der Waals surface area contributed by atoms with Crippen LogP contribution in [0.25, 0.3) is 0 Å². The lowest BCUT2D eigenvalue weighted by molar-refractivity contribution is 0.391. The van der Waals surface area contributed by atoms with Crippen molar-refractivity contribution in [1.82, 2.24) is 10.5 Å². The minimum absolute atomic E-state index is 0.298. The summed E-state index contributed by atoms with van der Waals surface area (Å²) >= 11 is 3.44. The van der Waals surface area contributed by atoms with Crippen LogP contribution in [0.4, 0.5) is 0 Å². The monoisotopic (exact) mass is 308 g/mol. The van der Waals surface area contributed by atoms with Crippen LogP contribution in [0.5, 0.6) is 0 Å². The second kappa shape index (κ2) is 5.67. The molecule has 0 aliphatic carbocycles. The van der Waals surface area contributed by atoms with Crippen LogP contribution in [0, 0.1) is 13.8 Å². The molecule has 0 bridgehead atoms. The molecule has 0 radical (unpaired) electrons. The van der Waals surface area contributed by atoms with Gasteiger partial charge in [0.05, 0.1) is 5.69 Å². The van der Waals surface area contributed by atoms with Crippen LogP contribution in [0.1, 0.15) is 35.5 Å². The Hall–Kier alpha value is -1.13. The molecule has 0 spiro atoms. The Morgan fingerprint density at radius 3 is 2.50 bits per heavy atom. The molecule has 1 heterocycles. The molecular weight excluding hydrogens is 292 g/mol. The zero-order chi connectivity index (χ0) is 13.1. The van der Waals surface area contributed by atoms with Crippen LogP contribution in [0.15, 0.2) is 33.3 Å². The molecule has 18 heavy (non-hydrogen) atoms. The predicted molar refractivity (Wildman–Crippen MR) is 75.4 cm³/mol. The first-order chi connectivity index (χ1) is 8.58. The first-order valence-electron chi connectivity index (χ1n) is 5.98. The van der Waals surface area contributed by atoms with E-state index >= 15 is 0 Å². The van der Waals surface area contributed by atoms with E-state index in [0.717, 1.165) is 28.0 Å². The van der Waals surface area contributed by atoms with Gasteiger partial charge in [-0.2, -0.15) is 0 Å². The Labute approximate surface area is 116 Å². The van der Waals surface area contributed by atoms with E-state index in [0.29, 0.717) is 6.04 Å². The highest BCUT2D eigenvalue weighted by Gasteiger charge is 2.11. The zero-order valence-corrected chi connectivity index (χ0v) is 12.4. The van der Waals surface area contributed by atoms with E-state index in [-0.39, 0.29) is 0 Å². The minimum atomic E-state index is 0.298. The second-order valence-electron chi connectivity index (χ2n) is 4.46. The van der Waals surface area contributed by atoms with Crippen LogP contribution >= 0.6 is 15.9 Å². The molecule has 0 aliphatic rings. The average molecular weight is 309 g/mol. The van der Waals surface area contributed by atoms with Gasteiger partial charge >= 0.3 is 0 Å². The normalized spacial score (nSPS) is 12.7. The van der Waals surface area contributed by atoms with Crippen molar-refractivity contribution >= 4 is 15.9 Å². The maximum atomic E-state index is 5.15. The summed E-state index contributed by atoms with van der Waals surface area (Å²) in [6, 6.07) is 8.66. The highest BCUT2D eigenvalue weighted by molar-refractivity contribution is 9.10. The fourth-order valence-electron chi connectivity index (χ4n) is 1.88. The lowest BCUT2D eigenvalue weighted by Crippen LogP contribution is -2.18. The van der Waals surface area contributed by atoms with Gasteiger partial charge in [0.15, 0.2) is 0 Å². The molecule has 0 fully saturated rings. The number of nitrogens with zero attached hydrogens (tertiary/aromatic N) is 1. The number of nitrogens with one attached hydrogen (secondary N) is 1. The average Bonchev–Trinajstić information content (AvgIpc) is 2.67. The first-order valence-corrected chi connectivity index (χ1v) is 6.78. The lowest BCUT2D eigenvalue weighted by atomic mass is 10.1. The molecule has 1 N–H and O–H groups in total. The van der Waals surface area contributed by atoms with Crippen molar-refractivity contribution in [3.05, 3.63) is 51.3 Å². The first kappa shape index (κ1) is 13.3. The van der Waals surface area contributed by atoms with Gasteiger partial charge in [0.1, 0.15) is 5.76 Å². The summed E-state index contributed by atoms with van der Waals surface area (Å²) < 4.78 is 6.25. The SMILES string of the molecule is Cc1noc(C)c1CN[C@@H](C)c1ccc(Br)cc1. The quantitative estimate of drug-likeness (QED) is 0.930. The smallest absolute Gasteiger partial charge is 0.138 e. The minimum Gasteiger partial charge on any atom is -0.361 e. The number of hydrogen-bond acceptors (Lipinski definition) is 3. The Bertz CT molecular complexity index is 500. The van der Waals surface area contributed by atoms with Crippen molar-refractivity contribution in [3.8, 4) is 0 Å². The highest BCUT2D eigenvalue weighted by atomic mass is 79.9. The molecule has 1 atom stereocenters. The zero-order valence-electron chi connectivity index (χ0n) is 10.8. The standard InChI is InChI=1S/C14H17BrN2O/c1-9(12-4-6-13(15)7-5-12)16-8-14-10(2)17-18-11(14)3/h4-7,9,16H,8H2,1-3H3/t9-/m0/s1. The maximum Gasteiger partial charge on any atom is 0.138 e. The highest BCUT2D eigenvalue weighted by Crippen LogP contribution is 2.18. The second-order valence-corrected chi connectivity index (χ2v) is 5.37. The van der Waals surface area contributed by atoms with E-state index in [1.54, 1.807) is 0 Å². The summed E-state index contributed by atoms with van der Waals surface area (Å²) in [4.78, 5) is 0. The molecule has 1 aromatic carbocycles. The van der Waals surface area contributed by atoms with Crippen molar-refractivity contribution in [1.29, 1.82) is 0 Å². The Morgan fingerprint density at radius 1 is 1.28 bits per heavy atom. The van der Waals surface area contributed by atoms with Gasteiger partial charge in [-0.3, -0.25) is 0 Å². The van der Waals surface area contributed by atoms with Crippen LogP contribution in [0.2, 0.25) is 0 Å². The van der Waals surface area contributed by atoms with E-state index in [1.165, 1.54) is 5.56 Å². The van der Waals surface area contributed by atoms with Gasteiger partial charge in [-0.1, -0.05) is 33.2 Å². The molecule has 3 nitrogen and oxygen atoms in total. The molecule has 4 heteroatoms. The third-order valence-corrected chi connectivity index (χ3v) is 3.66. The van der Waals surface area contributed by atoms with Gasteiger partial charge in [0.2, 0.25) is 0 Å². The van der Waals surface area contributed by atoms with E-state index in [4.69, 9.17) is 4.52 Å². The van der Waals surface area contributed by atoms with Gasteiger partial charge in [0, 0.05) is 22.6 Å². The van der Waals surface area contributed by atoms with Crippen molar-refractivity contribution in [2.45, 2.75) is 33.4 Å². The fourth-order valence-corrected chi connectivity index (χ4v) is 2.14. The fraction of sp³-hybridized carbons (Fsp3) is 0.357. The van der Waals surface area contributed by atoms with Gasteiger partial charge in [-0.25, -0.2) is 0 Å². The Morgan fingerprint density at radius 2 is 1.94 bits per heavy atom. The van der Waals surface area contributed by atoms with Crippen LogP contribution in [0.3, 0.4) is 0 Å². The van der Waals surface area contributed by atoms with E-state index < -0.39 is 0 Å². The molecule has 0 saturated carbocycles. The van der Waals surface area contributed by atoms with Gasteiger partial charge in [-0.05, 0) is 38.5 Å². The molecule has 0 amide bonds. The van der Waals surface area contributed by atoms with Crippen LogP contribution in [-0.4, -0.2) is 5.16 Å². The van der Waals surface area contributed by atoms with Crippen LogP contribution < -0.4 is 5.32 Å². The predicted octanol–water partition coefficient (Wildman–Crippen LogP) is 3.90. The summed E-state index contributed by atoms with van der Waals surface area (Å²) in [6.45, 7) is 6.85. The van der Waals surface area contributed by atoms with Gasteiger partial charge < -0.3 is 9.84 Å². The molecule has 0 saturated heterocycles. The molecular formula is C14H17BrN2O. The van der Waals surface area contributed by atoms with Gasteiger partial charge in [-0.15, -0.1) is 0 Å². The van der Waals surface area contributed by atoms with E-state index in [9.17, 15) is 0 Å². The summed E-state index contributed by atoms with van der Waals surface area (Å²) in [6.07, 6.45) is 0. The molecule has 2 rings (SSSR count). The Kier molecular flexibility index (Phi) is 4.19.